The van der Waals surface area contributed by atoms with E-state index in [4.69, 9.17) is 4.74 Å². The Morgan fingerprint density at radius 2 is 2.00 bits per heavy atom. The molecule has 8 nitrogen and oxygen atoms in total. The number of hydrogen-bond acceptors (Lipinski definition) is 6. The van der Waals surface area contributed by atoms with Crippen molar-refractivity contribution in [1.82, 2.24) is 9.78 Å². The molecule has 0 spiro atoms. The fraction of sp³-hybridized carbons (Fsp3) is 0.552. The minimum atomic E-state index is -1.82. The fourth-order valence-corrected chi connectivity index (χ4v) is 8.66. The summed E-state index contributed by atoms with van der Waals surface area (Å²) in [6.45, 7) is 4.04. The van der Waals surface area contributed by atoms with Gasteiger partial charge in [0, 0.05) is 5.41 Å². The van der Waals surface area contributed by atoms with E-state index in [0.29, 0.717) is 18.5 Å². The highest BCUT2D eigenvalue weighted by Gasteiger charge is 2.68. The van der Waals surface area contributed by atoms with E-state index in [0.717, 1.165) is 24.1 Å². The van der Waals surface area contributed by atoms with Crippen LogP contribution in [0.1, 0.15) is 67.6 Å². The molecule has 0 radical (unpaired) electrons. The Morgan fingerprint density at radius 3 is 2.71 bits per heavy atom. The van der Waals surface area contributed by atoms with Crippen LogP contribution in [0.25, 0.3) is 11.8 Å². The third-order valence-electron chi connectivity index (χ3n) is 10.5. The van der Waals surface area contributed by atoms with Gasteiger partial charge < -0.3 is 20.1 Å². The second-order valence-corrected chi connectivity index (χ2v) is 12.1. The van der Waals surface area contributed by atoms with Gasteiger partial charge in [0.15, 0.2) is 5.60 Å². The van der Waals surface area contributed by atoms with Gasteiger partial charge in [0.2, 0.25) is 0 Å². The molecule has 4 aliphatic rings. The number of carboxylic acids is 1. The number of aliphatic hydroxyl groups is 2. The van der Waals surface area contributed by atoms with E-state index in [9.17, 15) is 29.3 Å². The number of benzene rings is 1. The number of hydrogen-bond donors (Lipinski definition) is 3. The minimum Gasteiger partial charge on any atom is -0.479 e. The first-order valence-corrected chi connectivity index (χ1v) is 13.2. The van der Waals surface area contributed by atoms with Crippen molar-refractivity contribution in [1.29, 1.82) is 0 Å². The summed E-state index contributed by atoms with van der Waals surface area (Å²) in [7, 11) is 1.21. The number of carbonyl (C=O) groups is 2. The normalized spacial score (nSPS) is 37.4. The molecule has 0 unspecified atom stereocenters. The van der Waals surface area contributed by atoms with E-state index in [1.165, 1.54) is 24.8 Å². The molecule has 1 aromatic carbocycles. The van der Waals surface area contributed by atoms with E-state index in [1.807, 2.05) is 6.92 Å². The van der Waals surface area contributed by atoms with Gasteiger partial charge in [-0.25, -0.2) is 18.7 Å². The van der Waals surface area contributed by atoms with Gasteiger partial charge in [0.05, 0.1) is 36.4 Å². The van der Waals surface area contributed by atoms with Crippen LogP contribution in [0.15, 0.2) is 30.0 Å². The summed E-state index contributed by atoms with van der Waals surface area (Å²) in [6.07, 6.45) is 6.53. The van der Waals surface area contributed by atoms with Crippen LogP contribution in [0.5, 0.6) is 0 Å². The van der Waals surface area contributed by atoms with Crippen molar-refractivity contribution in [2.75, 3.05) is 7.11 Å². The summed E-state index contributed by atoms with van der Waals surface area (Å²) < 4.78 is 20.7. The molecule has 0 amide bonds. The predicted molar refractivity (Wildman–Crippen MR) is 135 cm³/mol. The second-order valence-electron chi connectivity index (χ2n) is 12.1. The molecule has 1 heterocycles. The van der Waals surface area contributed by atoms with Crippen LogP contribution in [-0.4, -0.2) is 55.9 Å². The molecule has 4 aliphatic carbocycles. The van der Waals surface area contributed by atoms with Crippen LogP contribution >= 0.6 is 0 Å². The summed E-state index contributed by atoms with van der Waals surface area (Å²) in [5.74, 6) is -2.54. The number of ether oxygens (including phenoxy) is 1. The molecule has 6 rings (SSSR count). The molecule has 3 saturated carbocycles. The molecule has 3 N–H and O–H groups in total. The molecule has 1 aromatic heterocycles. The number of aliphatic carboxylic acids is 1. The van der Waals surface area contributed by atoms with Crippen LogP contribution in [0.4, 0.5) is 4.39 Å². The Labute approximate surface area is 220 Å². The molecular weight excluding hydrogens is 491 g/mol. The molecule has 0 saturated heterocycles. The first-order valence-electron chi connectivity index (χ1n) is 13.2. The van der Waals surface area contributed by atoms with Gasteiger partial charge in [-0.3, -0.25) is 0 Å². The van der Waals surface area contributed by atoms with Gasteiger partial charge in [-0.05, 0) is 91.5 Å². The van der Waals surface area contributed by atoms with Gasteiger partial charge in [-0.2, -0.15) is 5.10 Å². The molecule has 0 bridgehead atoms. The lowest BCUT2D eigenvalue weighted by Crippen LogP contribution is -2.61. The topological polar surface area (TPSA) is 122 Å². The highest BCUT2D eigenvalue weighted by Crippen LogP contribution is 2.67. The molecule has 3 fully saturated rings. The van der Waals surface area contributed by atoms with Crippen molar-refractivity contribution in [3.8, 4) is 5.69 Å². The van der Waals surface area contributed by atoms with Gasteiger partial charge in [-0.15, -0.1) is 0 Å². The zero-order chi connectivity index (χ0) is 27.2. The third-order valence-corrected chi connectivity index (χ3v) is 10.5. The average Bonchev–Trinajstić information content (AvgIpc) is 3.39. The number of aromatic nitrogens is 2. The van der Waals surface area contributed by atoms with Crippen LogP contribution in [0, 0.1) is 34.4 Å². The number of carbonyl (C=O) groups excluding carboxylic acids is 1. The fourth-order valence-electron chi connectivity index (χ4n) is 8.66. The number of methoxy groups -OCH3 is 1. The number of allylic oxidation sites excluding steroid dienone is 1. The van der Waals surface area contributed by atoms with Crippen LogP contribution in [0.3, 0.4) is 0 Å². The number of carboxylic acid groups (broad SMARTS) is 1. The van der Waals surface area contributed by atoms with Crippen LogP contribution in [0.2, 0.25) is 0 Å². The Bertz CT molecular complexity index is 1390. The van der Waals surface area contributed by atoms with Crippen LogP contribution < -0.4 is 0 Å². The highest BCUT2D eigenvalue weighted by atomic mass is 19.1. The minimum absolute atomic E-state index is 0.0236. The van der Waals surface area contributed by atoms with Gasteiger partial charge in [-0.1, -0.05) is 19.4 Å². The Kier molecular flexibility index (Phi) is 5.47. The monoisotopic (exact) mass is 524 g/mol. The molecule has 9 heteroatoms. The quantitative estimate of drug-likeness (QED) is 0.523. The number of nitrogens with zero attached hydrogens (tertiary/aromatic N) is 2. The summed E-state index contributed by atoms with van der Waals surface area (Å²) in [5, 5.41) is 37.2. The van der Waals surface area contributed by atoms with Crippen molar-refractivity contribution >= 4 is 18.0 Å². The zero-order valence-electron chi connectivity index (χ0n) is 21.8. The lowest BCUT2D eigenvalue weighted by atomic mass is 9.45. The Balaban J connectivity index is 1.37. The largest absolute Gasteiger partial charge is 0.479 e. The first-order chi connectivity index (χ1) is 17.9. The molecule has 7 atom stereocenters. The van der Waals surface area contributed by atoms with Crippen molar-refractivity contribution in [2.45, 2.75) is 64.1 Å². The SMILES string of the molecule is COC(=O)c1cc(-n2ncc3c2C=C2CC[C@@H]4[C@H]([C@@H](O)C[C@@]5(C)[C@H]4CC[C@]5(O)C(=O)O)[C@@]2(C)C3)ccc1F. The maximum atomic E-state index is 14.3. The lowest BCUT2D eigenvalue weighted by molar-refractivity contribution is -0.193. The number of aliphatic hydroxyl groups excluding tert-OH is 1. The Morgan fingerprint density at radius 1 is 1.24 bits per heavy atom. The van der Waals surface area contributed by atoms with Crippen molar-refractivity contribution in [3.63, 3.8) is 0 Å². The molecule has 38 heavy (non-hydrogen) atoms. The Hall–Kier alpha value is -3.04. The van der Waals surface area contributed by atoms with E-state index >= 15 is 0 Å². The third kappa shape index (κ3) is 3.18. The summed E-state index contributed by atoms with van der Waals surface area (Å²) in [6, 6.07) is 4.25. The molecule has 202 valence electrons. The van der Waals surface area contributed by atoms with E-state index in [1.54, 1.807) is 16.9 Å². The number of rotatable bonds is 3. The predicted octanol–water partition coefficient (Wildman–Crippen LogP) is 3.77. The zero-order valence-corrected chi connectivity index (χ0v) is 21.8. The summed E-state index contributed by atoms with van der Waals surface area (Å²) in [4.78, 5) is 24.1. The summed E-state index contributed by atoms with van der Waals surface area (Å²) >= 11 is 0. The maximum absolute atomic E-state index is 14.3. The average molecular weight is 525 g/mol. The van der Waals surface area contributed by atoms with Crippen molar-refractivity contribution in [3.05, 3.63) is 52.6 Å². The van der Waals surface area contributed by atoms with E-state index in [-0.39, 0.29) is 41.6 Å². The molecular formula is C29H33FN2O6. The first kappa shape index (κ1) is 25.2. The van der Waals surface area contributed by atoms with Gasteiger partial charge in [0.25, 0.3) is 0 Å². The molecule has 0 aliphatic heterocycles. The van der Waals surface area contributed by atoms with E-state index in [2.05, 4.69) is 18.1 Å². The van der Waals surface area contributed by atoms with Gasteiger partial charge >= 0.3 is 11.9 Å². The smallest absolute Gasteiger partial charge is 0.340 e. The second kappa shape index (κ2) is 8.23. The van der Waals surface area contributed by atoms with Gasteiger partial charge in [0.1, 0.15) is 5.82 Å². The summed E-state index contributed by atoms with van der Waals surface area (Å²) in [5.41, 5.74) is 0.432. The van der Waals surface area contributed by atoms with Crippen LogP contribution in [-0.2, 0) is 16.0 Å². The van der Waals surface area contributed by atoms with Crippen molar-refractivity contribution < 1.29 is 34.0 Å². The standard InChI is InChI=1S/C29H33FN2O6/c1-27-12-15-14-31-32(17-5-7-21(30)19(11-17)25(34)38-3)22(15)10-16(27)4-6-18-20-8-9-29(37,26(35)36)28(20,2)13-23(33)24(18)27/h5,7,10-11,14,18,20,23-24,33,37H,4,6,8-9,12-13H2,1-3H3,(H,35,36)/t18-,20-,23-,24+,27-,28-,29-/m0/s1. The highest BCUT2D eigenvalue weighted by molar-refractivity contribution is 5.90. The lowest BCUT2D eigenvalue weighted by Gasteiger charge is -2.60. The molecule has 2 aromatic rings. The number of esters is 1. The maximum Gasteiger partial charge on any atom is 0.340 e. The van der Waals surface area contributed by atoms with E-state index < -0.39 is 34.9 Å². The van der Waals surface area contributed by atoms with Crippen molar-refractivity contribution in [2.24, 2.45) is 28.6 Å². The number of halogens is 1. The number of fused-ring (bicyclic) bond motifs is 6.